The predicted octanol–water partition coefficient (Wildman–Crippen LogP) is 4.94. The number of methoxy groups -OCH3 is 1. The van der Waals surface area contributed by atoms with Gasteiger partial charge in [-0.15, -0.1) is 0 Å². The molecule has 7 nitrogen and oxygen atoms in total. The first-order chi connectivity index (χ1) is 17.2. The zero-order valence-electron chi connectivity index (χ0n) is 19.9. The summed E-state index contributed by atoms with van der Waals surface area (Å²) in [5, 5.41) is 19.0. The van der Waals surface area contributed by atoms with Crippen molar-refractivity contribution >= 4 is 17.8 Å². The van der Waals surface area contributed by atoms with E-state index < -0.39 is 49.1 Å². The largest absolute Gasteiger partial charge is 0.493 e. The number of ketones is 1. The highest BCUT2D eigenvalue weighted by Gasteiger charge is 2.56. The van der Waals surface area contributed by atoms with Gasteiger partial charge >= 0.3 is 18.1 Å². The van der Waals surface area contributed by atoms with Crippen LogP contribution in [-0.4, -0.2) is 53.6 Å². The van der Waals surface area contributed by atoms with Crippen LogP contribution in [0.4, 0.5) is 22.0 Å². The molecule has 0 aliphatic rings. The number of carbonyl (C=O) groups excluding carboxylic acids is 2. The Kier molecular flexibility index (Phi) is 9.76. The van der Waals surface area contributed by atoms with Gasteiger partial charge in [-0.2, -0.15) is 22.0 Å². The van der Waals surface area contributed by atoms with Crippen LogP contribution in [0.3, 0.4) is 0 Å². The molecule has 0 fully saturated rings. The van der Waals surface area contributed by atoms with Crippen molar-refractivity contribution in [3.8, 4) is 17.2 Å². The monoisotopic (exact) mass is 532 g/mol. The van der Waals surface area contributed by atoms with Gasteiger partial charge in [0.1, 0.15) is 5.75 Å². The number of halogens is 5. The molecule has 0 radical (unpaired) electrons. The van der Waals surface area contributed by atoms with E-state index in [2.05, 4.69) is 0 Å². The molecule has 2 aromatic carbocycles. The lowest BCUT2D eigenvalue weighted by Crippen LogP contribution is -2.36. The predicted molar refractivity (Wildman–Crippen MR) is 122 cm³/mol. The Balaban J connectivity index is 1.98. The quantitative estimate of drug-likeness (QED) is 0.0997. The molecule has 0 spiro atoms. The maximum absolute atomic E-state index is 13.0. The topological polar surface area (TPSA) is 102 Å². The molecule has 202 valence electrons. The molecule has 37 heavy (non-hydrogen) atoms. The van der Waals surface area contributed by atoms with Gasteiger partial charge in [-0.05, 0) is 48.4 Å². The molecule has 0 aliphatic carbocycles. The minimum absolute atomic E-state index is 0.0397. The molecular formula is C25H25F5O7. The molecule has 0 aliphatic heterocycles. The van der Waals surface area contributed by atoms with Gasteiger partial charge in [0.15, 0.2) is 11.5 Å². The van der Waals surface area contributed by atoms with Crippen LogP contribution < -0.4 is 14.2 Å². The summed E-state index contributed by atoms with van der Waals surface area (Å²) >= 11 is 0. The molecule has 2 aromatic rings. The van der Waals surface area contributed by atoms with Gasteiger partial charge in [0.2, 0.25) is 11.6 Å². The Hall–Kier alpha value is -3.51. The van der Waals surface area contributed by atoms with E-state index in [4.69, 9.17) is 14.2 Å². The highest BCUT2D eigenvalue weighted by Crippen LogP contribution is 2.39. The van der Waals surface area contributed by atoms with E-state index in [1.807, 2.05) is 0 Å². The van der Waals surface area contributed by atoms with Crippen LogP contribution in [0.1, 0.15) is 42.1 Å². The summed E-state index contributed by atoms with van der Waals surface area (Å²) < 4.78 is 78.2. The second-order valence-electron chi connectivity index (χ2n) is 7.85. The van der Waals surface area contributed by atoms with E-state index >= 15 is 0 Å². The summed E-state index contributed by atoms with van der Waals surface area (Å²) in [6, 6.07) is 9.78. The van der Waals surface area contributed by atoms with Crippen molar-refractivity contribution in [1.82, 2.24) is 0 Å². The lowest BCUT2D eigenvalue weighted by atomic mass is 10.1. The molecule has 0 unspecified atom stereocenters. The zero-order chi connectivity index (χ0) is 27.9. The van der Waals surface area contributed by atoms with Crippen molar-refractivity contribution in [3.05, 3.63) is 59.7 Å². The fraction of sp³-hybridized carbons (Fsp3) is 0.360. The number of rotatable bonds is 12. The molecular weight excluding hydrogens is 507 g/mol. The third-order valence-corrected chi connectivity index (χ3v) is 5.11. The normalized spacial score (nSPS) is 12.5. The van der Waals surface area contributed by atoms with Gasteiger partial charge in [-0.3, -0.25) is 4.79 Å². The second kappa shape index (κ2) is 12.2. The molecule has 0 heterocycles. The number of aliphatic hydroxyl groups is 2. The van der Waals surface area contributed by atoms with Crippen LogP contribution >= 0.6 is 0 Å². The Bertz CT molecular complexity index is 1110. The van der Waals surface area contributed by atoms with Crippen molar-refractivity contribution in [3.63, 3.8) is 0 Å². The summed E-state index contributed by atoms with van der Waals surface area (Å²) in [6.07, 6.45) is -5.44. The van der Waals surface area contributed by atoms with Gasteiger partial charge in [-0.1, -0.05) is 25.1 Å². The summed E-state index contributed by atoms with van der Waals surface area (Å²) in [5.41, 5.74) is 0.570. The Labute approximate surface area is 209 Å². The van der Waals surface area contributed by atoms with Crippen LogP contribution in [0.25, 0.3) is 6.08 Å². The fourth-order valence-corrected chi connectivity index (χ4v) is 2.82. The number of benzene rings is 2. The summed E-state index contributed by atoms with van der Waals surface area (Å²) in [6.45, 7) is 1.01. The average Bonchev–Trinajstić information content (AvgIpc) is 2.85. The maximum atomic E-state index is 13.0. The van der Waals surface area contributed by atoms with Gasteiger partial charge in [0.05, 0.1) is 19.3 Å². The Morgan fingerprint density at radius 2 is 1.62 bits per heavy atom. The molecule has 0 aromatic heterocycles. The molecule has 2 N–H and O–H groups in total. The highest BCUT2D eigenvalue weighted by molar-refractivity contribution is 5.98. The van der Waals surface area contributed by atoms with Crippen molar-refractivity contribution in [2.24, 2.45) is 0 Å². The zero-order valence-corrected chi connectivity index (χ0v) is 19.9. The first-order valence-corrected chi connectivity index (χ1v) is 10.9. The minimum atomic E-state index is -5.63. The SMILES string of the molecule is CCC(O)(O)C(=O)/C=C/c1ccc(OC(=O)c2ccc(OCCCC(F)(F)C(F)(F)F)c(OC)c2)cc1. The van der Waals surface area contributed by atoms with Crippen LogP contribution in [0.2, 0.25) is 0 Å². The lowest BCUT2D eigenvalue weighted by molar-refractivity contribution is -0.284. The molecule has 12 heteroatoms. The van der Waals surface area contributed by atoms with Crippen LogP contribution in [0.5, 0.6) is 17.2 Å². The number of esters is 1. The summed E-state index contributed by atoms with van der Waals surface area (Å²) in [7, 11) is 1.25. The lowest BCUT2D eigenvalue weighted by Gasteiger charge is -2.19. The number of alkyl halides is 5. The molecule has 0 atom stereocenters. The maximum Gasteiger partial charge on any atom is 0.453 e. The van der Waals surface area contributed by atoms with Crippen molar-refractivity contribution in [1.29, 1.82) is 0 Å². The molecule has 0 amide bonds. The van der Waals surface area contributed by atoms with E-state index in [0.717, 1.165) is 6.08 Å². The summed E-state index contributed by atoms with van der Waals surface area (Å²) in [4.78, 5) is 24.2. The number of hydrogen-bond acceptors (Lipinski definition) is 7. The van der Waals surface area contributed by atoms with Gasteiger partial charge in [-0.25, -0.2) is 4.79 Å². The Morgan fingerprint density at radius 3 is 2.19 bits per heavy atom. The second-order valence-corrected chi connectivity index (χ2v) is 7.85. The Morgan fingerprint density at radius 1 is 0.973 bits per heavy atom. The van der Waals surface area contributed by atoms with E-state index in [1.165, 1.54) is 62.6 Å². The first kappa shape index (κ1) is 29.7. The molecule has 0 bridgehead atoms. The first-order valence-electron chi connectivity index (χ1n) is 10.9. The molecule has 0 saturated heterocycles. The number of carbonyl (C=O) groups is 2. The van der Waals surface area contributed by atoms with E-state index in [9.17, 15) is 41.8 Å². The molecule has 2 rings (SSSR count). The van der Waals surface area contributed by atoms with E-state index in [-0.39, 0.29) is 29.2 Å². The summed E-state index contributed by atoms with van der Waals surface area (Å²) in [5.74, 6) is -8.69. The van der Waals surface area contributed by atoms with Crippen LogP contribution in [0, 0.1) is 0 Å². The standard InChI is InChI=1S/C25H25F5O7/c1-3-23(33,34)21(31)12-7-16-5-9-18(10-6-16)37-22(32)17-8-11-19(20(15-17)35-2)36-14-4-13-24(26,27)25(28,29)30/h5-12,15,33-34H,3-4,13-14H2,1-2H3/b12-7+. The fourth-order valence-electron chi connectivity index (χ4n) is 2.82. The van der Waals surface area contributed by atoms with Crippen molar-refractivity contribution < 1.29 is 56.0 Å². The number of ether oxygens (including phenoxy) is 3. The van der Waals surface area contributed by atoms with E-state index in [1.54, 1.807) is 0 Å². The van der Waals surface area contributed by atoms with Gasteiger partial charge < -0.3 is 24.4 Å². The highest BCUT2D eigenvalue weighted by atomic mass is 19.4. The van der Waals surface area contributed by atoms with Crippen LogP contribution in [0.15, 0.2) is 48.5 Å². The van der Waals surface area contributed by atoms with Crippen LogP contribution in [-0.2, 0) is 4.79 Å². The van der Waals surface area contributed by atoms with Gasteiger partial charge in [0, 0.05) is 12.8 Å². The smallest absolute Gasteiger partial charge is 0.453 e. The van der Waals surface area contributed by atoms with Crippen molar-refractivity contribution in [2.45, 2.75) is 44.1 Å². The average molecular weight is 532 g/mol. The number of hydrogen-bond donors (Lipinski definition) is 2. The van der Waals surface area contributed by atoms with E-state index in [0.29, 0.717) is 5.56 Å². The van der Waals surface area contributed by atoms with Crippen molar-refractivity contribution in [2.75, 3.05) is 13.7 Å². The minimum Gasteiger partial charge on any atom is -0.493 e. The molecule has 0 saturated carbocycles. The third kappa shape index (κ3) is 8.25. The third-order valence-electron chi connectivity index (χ3n) is 5.11. The van der Waals surface area contributed by atoms with Gasteiger partial charge in [0.25, 0.3) is 0 Å².